The second-order valence-corrected chi connectivity index (χ2v) is 7.89. The van der Waals surface area contributed by atoms with E-state index in [0.29, 0.717) is 16.0 Å². The number of nitrogens with one attached hydrogen (secondary N) is 1. The van der Waals surface area contributed by atoms with Gasteiger partial charge in [-0.1, -0.05) is 18.2 Å². The summed E-state index contributed by atoms with van der Waals surface area (Å²) in [6.45, 7) is 0.910. The maximum Gasteiger partial charge on any atom is 0.349 e. The fraction of sp³-hybridized carbons (Fsp3) is 0.200. The Kier molecular flexibility index (Phi) is 5.33. The molecule has 0 saturated heterocycles. The molecule has 2 rings (SSSR count). The lowest BCUT2D eigenvalue weighted by Crippen LogP contribution is -2.11. The van der Waals surface area contributed by atoms with Crippen molar-refractivity contribution in [1.82, 2.24) is 0 Å². The number of para-hydroxylation sites is 1. The van der Waals surface area contributed by atoms with E-state index in [-0.39, 0.29) is 16.3 Å². The van der Waals surface area contributed by atoms with Crippen molar-refractivity contribution in [3.05, 3.63) is 34.7 Å². The summed E-state index contributed by atoms with van der Waals surface area (Å²) in [5, 5.41) is 18.1. The second kappa shape index (κ2) is 7.11. The predicted octanol–water partition coefficient (Wildman–Crippen LogP) is 2.26. The standard InChI is InChI=1S/C15H15NO7S2/c1-8-12(23-7-11(17)18)14(15(19)20)24-13(8)9-5-3-4-6-10(9)16-25(2,21)22/h3-6,16H,7H2,1-2H3,(H,17,18)(H,19,20). The summed E-state index contributed by atoms with van der Waals surface area (Å²) in [6, 6.07) is 6.51. The fourth-order valence-electron chi connectivity index (χ4n) is 2.17. The Morgan fingerprint density at radius 1 is 1.24 bits per heavy atom. The highest BCUT2D eigenvalue weighted by Crippen LogP contribution is 2.43. The van der Waals surface area contributed by atoms with Gasteiger partial charge in [0.2, 0.25) is 10.0 Å². The molecule has 134 valence electrons. The zero-order valence-corrected chi connectivity index (χ0v) is 14.9. The lowest BCUT2D eigenvalue weighted by atomic mass is 10.1. The van der Waals surface area contributed by atoms with Gasteiger partial charge < -0.3 is 14.9 Å². The molecule has 1 aromatic heterocycles. The number of carboxylic acids is 2. The quantitative estimate of drug-likeness (QED) is 0.666. The molecule has 0 aliphatic carbocycles. The number of carboxylic acid groups (broad SMARTS) is 2. The largest absolute Gasteiger partial charge is 0.480 e. The summed E-state index contributed by atoms with van der Waals surface area (Å²) in [7, 11) is -3.53. The van der Waals surface area contributed by atoms with E-state index in [1.54, 1.807) is 31.2 Å². The maximum absolute atomic E-state index is 11.5. The summed E-state index contributed by atoms with van der Waals surface area (Å²) in [5.74, 6) is -2.53. The van der Waals surface area contributed by atoms with Crippen molar-refractivity contribution in [3.63, 3.8) is 0 Å². The number of sulfonamides is 1. The van der Waals surface area contributed by atoms with E-state index in [9.17, 15) is 23.1 Å². The van der Waals surface area contributed by atoms with Crippen molar-refractivity contribution in [3.8, 4) is 16.2 Å². The van der Waals surface area contributed by atoms with E-state index in [2.05, 4.69) is 4.72 Å². The molecule has 0 spiro atoms. The van der Waals surface area contributed by atoms with Gasteiger partial charge in [0.25, 0.3) is 0 Å². The van der Waals surface area contributed by atoms with Crippen molar-refractivity contribution in [2.45, 2.75) is 6.92 Å². The Labute approximate surface area is 147 Å². The van der Waals surface area contributed by atoms with Gasteiger partial charge in [0.05, 0.1) is 11.9 Å². The van der Waals surface area contributed by atoms with Gasteiger partial charge in [-0.05, 0) is 13.0 Å². The van der Waals surface area contributed by atoms with Gasteiger partial charge in [0.1, 0.15) is 5.75 Å². The average Bonchev–Trinajstić information content (AvgIpc) is 2.81. The molecule has 3 N–H and O–H groups in total. The van der Waals surface area contributed by atoms with E-state index in [1.165, 1.54) is 0 Å². The van der Waals surface area contributed by atoms with Crippen LogP contribution in [0.5, 0.6) is 5.75 Å². The van der Waals surface area contributed by atoms with Gasteiger partial charge >= 0.3 is 11.9 Å². The van der Waals surface area contributed by atoms with E-state index in [1.807, 2.05) is 0 Å². The zero-order chi connectivity index (χ0) is 18.8. The third-order valence-electron chi connectivity index (χ3n) is 3.09. The number of benzene rings is 1. The molecule has 8 nitrogen and oxygen atoms in total. The van der Waals surface area contributed by atoms with Crippen LogP contribution < -0.4 is 9.46 Å². The smallest absolute Gasteiger partial charge is 0.349 e. The first-order valence-electron chi connectivity index (χ1n) is 6.88. The first kappa shape index (κ1) is 18.7. The van der Waals surface area contributed by atoms with Crippen LogP contribution in [-0.2, 0) is 14.8 Å². The number of thiophene rings is 1. The van der Waals surface area contributed by atoms with E-state index in [0.717, 1.165) is 17.6 Å². The number of aromatic carboxylic acids is 1. The molecule has 0 amide bonds. The van der Waals surface area contributed by atoms with Gasteiger partial charge in [-0.25, -0.2) is 18.0 Å². The van der Waals surface area contributed by atoms with Crippen LogP contribution >= 0.6 is 11.3 Å². The number of hydrogen-bond acceptors (Lipinski definition) is 6. The number of carbonyl (C=O) groups is 2. The van der Waals surface area contributed by atoms with Gasteiger partial charge in [0, 0.05) is 16.0 Å². The molecule has 0 aliphatic heterocycles. The van der Waals surface area contributed by atoms with Crippen LogP contribution in [0.4, 0.5) is 5.69 Å². The molecule has 0 unspecified atom stereocenters. The van der Waals surface area contributed by atoms with Gasteiger partial charge in [-0.3, -0.25) is 4.72 Å². The highest BCUT2D eigenvalue weighted by molar-refractivity contribution is 7.92. The van der Waals surface area contributed by atoms with Crippen LogP contribution in [0.25, 0.3) is 10.4 Å². The molecule has 0 atom stereocenters. The molecule has 10 heteroatoms. The van der Waals surface area contributed by atoms with E-state index < -0.39 is 28.6 Å². The minimum Gasteiger partial charge on any atom is -0.480 e. The molecule has 0 saturated carbocycles. The number of anilines is 1. The Morgan fingerprint density at radius 2 is 1.88 bits per heavy atom. The van der Waals surface area contributed by atoms with Crippen LogP contribution in [0.1, 0.15) is 15.2 Å². The summed E-state index contributed by atoms with van der Waals surface area (Å²) in [4.78, 5) is 22.5. The summed E-state index contributed by atoms with van der Waals surface area (Å²) < 4.78 is 30.6. The van der Waals surface area contributed by atoms with Crippen molar-refractivity contribution >= 4 is 39.0 Å². The van der Waals surface area contributed by atoms with Gasteiger partial charge in [0.15, 0.2) is 11.5 Å². The minimum absolute atomic E-state index is 0.0379. The van der Waals surface area contributed by atoms with Crippen LogP contribution in [0.15, 0.2) is 24.3 Å². The highest BCUT2D eigenvalue weighted by Gasteiger charge is 2.24. The van der Waals surface area contributed by atoms with Crippen LogP contribution in [0.3, 0.4) is 0 Å². The molecule has 0 bridgehead atoms. The van der Waals surface area contributed by atoms with Crippen LogP contribution in [-0.4, -0.2) is 43.4 Å². The molecule has 25 heavy (non-hydrogen) atoms. The predicted molar refractivity (Wildman–Crippen MR) is 93.0 cm³/mol. The fourth-order valence-corrected chi connectivity index (χ4v) is 3.88. The lowest BCUT2D eigenvalue weighted by Gasteiger charge is -2.10. The minimum atomic E-state index is -3.53. The van der Waals surface area contributed by atoms with E-state index in [4.69, 9.17) is 9.84 Å². The lowest BCUT2D eigenvalue weighted by molar-refractivity contribution is -0.139. The highest BCUT2D eigenvalue weighted by atomic mass is 32.2. The number of ether oxygens (including phenoxy) is 1. The first-order valence-corrected chi connectivity index (χ1v) is 9.59. The summed E-state index contributed by atoms with van der Waals surface area (Å²) in [6.07, 6.45) is 1.01. The molecule has 1 aromatic carbocycles. The molecule has 0 fully saturated rings. The normalized spacial score (nSPS) is 11.1. The topological polar surface area (TPSA) is 130 Å². The van der Waals surface area contributed by atoms with Gasteiger partial charge in [-0.15, -0.1) is 11.3 Å². The van der Waals surface area contributed by atoms with Crippen molar-refractivity contribution in [1.29, 1.82) is 0 Å². The van der Waals surface area contributed by atoms with Crippen LogP contribution in [0, 0.1) is 6.92 Å². The van der Waals surface area contributed by atoms with E-state index >= 15 is 0 Å². The second-order valence-electron chi connectivity index (χ2n) is 5.12. The molecular weight excluding hydrogens is 370 g/mol. The summed E-state index contributed by atoms with van der Waals surface area (Å²) >= 11 is 0.887. The van der Waals surface area contributed by atoms with Gasteiger partial charge in [-0.2, -0.15) is 0 Å². The molecule has 0 aliphatic rings. The van der Waals surface area contributed by atoms with Crippen molar-refractivity contribution < 1.29 is 33.0 Å². The van der Waals surface area contributed by atoms with Crippen molar-refractivity contribution in [2.24, 2.45) is 0 Å². The Balaban J connectivity index is 2.59. The first-order chi connectivity index (χ1) is 11.6. The monoisotopic (exact) mass is 385 g/mol. The van der Waals surface area contributed by atoms with Crippen molar-refractivity contribution in [2.75, 3.05) is 17.6 Å². The Bertz CT molecular complexity index is 931. The number of rotatable bonds is 7. The zero-order valence-electron chi connectivity index (χ0n) is 13.3. The SMILES string of the molecule is Cc1c(-c2ccccc2NS(C)(=O)=O)sc(C(=O)O)c1OCC(=O)O. The average molecular weight is 385 g/mol. The maximum atomic E-state index is 11.5. The third kappa shape index (κ3) is 4.48. The molecular formula is C15H15NO7S2. The number of hydrogen-bond donors (Lipinski definition) is 3. The molecule has 0 radical (unpaired) electrons. The summed E-state index contributed by atoms with van der Waals surface area (Å²) in [5.41, 5.74) is 1.19. The Morgan fingerprint density at radius 3 is 2.44 bits per heavy atom. The third-order valence-corrected chi connectivity index (χ3v) is 4.98. The Hall–Kier alpha value is -2.59. The number of aliphatic carboxylic acids is 1. The molecule has 2 aromatic rings. The van der Waals surface area contributed by atoms with Crippen LogP contribution in [0.2, 0.25) is 0 Å². The molecule has 1 heterocycles.